The normalized spacial score (nSPS) is 12.0. The lowest BCUT2D eigenvalue weighted by atomic mass is 10.1. The number of methoxy groups -OCH3 is 2. The van der Waals surface area contributed by atoms with Crippen LogP contribution >= 0.6 is 0 Å². The first-order valence-corrected chi connectivity index (χ1v) is 9.39. The molecule has 3 rings (SSSR count). The largest absolute Gasteiger partial charge is 0.497 e. The Morgan fingerprint density at radius 1 is 1.19 bits per heavy atom. The molecule has 1 atom stereocenters. The number of carbonyl (C=O) groups excluding carboxylic acids is 1. The van der Waals surface area contributed by atoms with Crippen molar-refractivity contribution in [1.29, 1.82) is 0 Å². The van der Waals surface area contributed by atoms with Gasteiger partial charge in [0.2, 0.25) is 5.95 Å². The monoisotopic (exact) mass is 387 g/mol. The van der Waals surface area contributed by atoms with Crippen molar-refractivity contribution in [1.82, 2.24) is 9.55 Å². The molecule has 142 valence electrons. The standard InChI is InChI=1S/C19H21N3O4S/c1-11-9-13(25-4)10-12(2)17(11)27(24)21-19-20-16-14(18(23)26-5)7-6-8-15(16)22(19)3/h6-10H,1-5H3,(H,20,21). The molecular formula is C19H21N3O4S. The molecule has 0 aliphatic rings. The Balaban J connectivity index is 2.01. The van der Waals surface area contributed by atoms with E-state index < -0.39 is 17.0 Å². The number of nitrogens with one attached hydrogen (secondary N) is 1. The predicted octanol–water partition coefficient (Wildman–Crippen LogP) is 3.12. The van der Waals surface area contributed by atoms with Crippen molar-refractivity contribution in [2.24, 2.45) is 7.05 Å². The lowest BCUT2D eigenvalue weighted by Crippen LogP contribution is -2.11. The van der Waals surface area contributed by atoms with Crippen molar-refractivity contribution in [3.8, 4) is 5.75 Å². The molecule has 0 aliphatic carbocycles. The SMILES string of the molecule is COC(=O)c1cccc2c1nc(NS(=O)c1c(C)cc(OC)cc1C)n2C. The van der Waals surface area contributed by atoms with Gasteiger partial charge in [-0.3, -0.25) is 4.72 Å². The van der Waals surface area contributed by atoms with Gasteiger partial charge in [-0.05, 0) is 49.2 Å². The number of aromatic nitrogens is 2. The first kappa shape index (κ1) is 18.9. The fourth-order valence-corrected chi connectivity index (χ4v) is 4.19. The van der Waals surface area contributed by atoms with Gasteiger partial charge in [0.1, 0.15) is 11.3 Å². The van der Waals surface area contributed by atoms with Crippen molar-refractivity contribution >= 4 is 33.9 Å². The molecule has 1 aromatic heterocycles. The highest BCUT2D eigenvalue weighted by molar-refractivity contribution is 7.86. The molecular weight excluding hydrogens is 366 g/mol. The summed E-state index contributed by atoms with van der Waals surface area (Å²) in [5.74, 6) is 0.652. The van der Waals surface area contributed by atoms with E-state index in [1.807, 2.05) is 32.0 Å². The third-order valence-electron chi connectivity index (χ3n) is 4.36. The number of carbonyl (C=O) groups is 1. The van der Waals surface area contributed by atoms with Gasteiger partial charge in [-0.1, -0.05) is 6.07 Å². The molecule has 0 amide bonds. The summed E-state index contributed by atoms with van der Waals surface area (Å²) in [6.07, 6.45) is 0. The first-order chi connectivity index (χ1) is 12.9. The second-order valence-corrected chi connectivity index (χ2v) is 7.27. The average molecular weight is 387 g/mol. The van der Waals surface area contributed by atoms with Gasteiger partial charge < -0.3 is 14.0 Å². The molecule has 1 heterocycles. The quantitative estimate of drug-likeness (QED) is 0.680. The predicted molar refractivity (Wildman–Crippen MR) is 105 cm³/mol. The molecule has 0 saturated heterocycles. The maximum absolute atomic E-state index is 13.0. The van der Waals surface area contributed by atoms with Crippen molar-refractivity contribution in [2.75, 3.05) is 18.9 Å². The third-order valence-corrected chi connectivity index (χ3v) is 5.74. The second kappa shape index (κ2) is 7.40. The number of benzene rings is 2. The molecule has 0 saturated carbocycles. The average Bonchev–Trinajstić information content (AvgIpc) is 2.96. The molecule has 2 aromatic carbocycles. The zero-order valence-electron chi connectivity index (χ0n) is 15.8. The van der Waals surface area contributed by atoms with Gasteiger partial charge in [0, 0.05) is 7.05 Å². The van der Waals surface area contributed by atoms with Gasteiger partial charge in [0.25, 0.3) is 0 Å². The number of imidazole rings is 1. The highest BCUT2D eigenvalue weighted by atomic mass is 32.2. The second-order valence-electron chi connectivity index (χ2n) is 6.12. The summed E-state index contributed by atoms with van der Waals surface area (Å²) in [4.78, 5) is 17.1. The number of rotatable bonds is 5. The molecule has 1 unspecified atom stereocenters. The van der Waals surface area contributed by atoms with E-state index in [0.29, 0.717) is 21.9 Å². The van der Waals surface area contributed by atoms with E-state index in [0.717, 1.165) is 22.4 Å². The maximum Gasteiger partial charge on any atom is 0.340 e. The van der Waals surface area contributed by atoms with Gasteiger partial charge in [-0.2, -0.15) is 0 Å². The summed E-state index contributed by atoms with van der Waals surface area (Å²) < 4.78 is 27.8. The summed E-state index contributed by atoms with van der Waals surface area (Å²) in [5.41, 5.74) is 3.30. The fourth-order valence-electron chi connectivity index (χ4n) is 3.04. The maximum atomic E-state index is 13.0. The van der Waals surface area contributed by atoms with E-state index in [2.05, 4.69) is 9.71 Å². The van der Waals surface area contributed by atoms with Gasteiger partial charge in [0.15, 0.2) is 11.0 Å². The van der Waals surface area contributed by atoms with Crippen LogP contribution in [0.5, 0.6) is 5.75 Å². The molecule has 0 radical (unpaired) electrons. The van der Waals surface area contributed by atoms with Crippen LogP contribution in [0.15, 0.2) is 35.2 Å². The number of aryl methyl sites for hydroxylation is 3. The molecule has 0 fully saturated rings. The summed E-state index contributed by atoms with van der Waals surface area (Å²) >= 11 is 0. The minimum Gasteiger partial charge on any atom is -0.497 e. The lowest BCUT2D eigenvalue weighted by molar-refractivity contribution is 0.0603. The number of nitrogens with zero attached hydrogens (tertiary/aromatic N) is 2. The molecule has 3 aromatic rings. The van der Waals surface area contributed by atoms with Gasteiger partial charge in [0.05, 0.1) is 30.2 Å². The Morgan fingerprint density at radius 3 is 2.44 bits per heavy atom. The number of hydrogen-bond donors (Lipinski definition) is 1. The van der Waals surface area contributed by atoms with Crippen molar-refractivity contribution in [2.45, 2.75) is 18.7 Å². The van der Waals surface area contributed by atoms with Gasteiger partial charge >= 0.3 is 5.97 Å². The van der Waals surface area contributed by atoms with E-state index in [-0.39, 0.29) is 0 Å². The van der Waals surface area contributed by atoms with Crippen molar-refractivity contribution in [3.05, 3.63) is 47.0 Å². The Bertz CT molecular complexity index is 1040. The number of para-hydroxylation sites is 1. The first-order valence-electron chi connectivity index (χ1n) is 8.24. The summed E-state index contributed by atoms with van der Waals surface area (Å²) in [7, 11) is 3.19. The Hall–Kier alpha value is -2.87. The molecule has 7 nitrogen and oxygen atoms in total. The Labute approximate surface area is 159 Å². The van der Waals surface area contributed by atoms with Crippen LogP contribution in [-0.4, -0.2) is 33.9 Å². The molecule has 8 heteroatoms. The van der Waals surface area contributed by atoms with E-state index in [1.165, 1.54) is 7.11 Å². The number of fused-ring (bicyclic) bond motifs is 1. The van der Waals surface area contributed by atoms with Crippen LogP contribution in [0.2, 0.25) is 0 Å². The van der Waals surface area contributed by atoms with Gasteiger partial charge in [-0.25, -0.2) is 14.0 Å². The molecule has 0 aliphatic heterocycles. The van der Waals surface area contributed by atoms with Crippen LogP contribution in [0.1, 0.15) is 21.5 Å². The van der Waals surface area contributed by atoms with Crippen molar-refractivity contribution < 1.29 is 18.5 Å². The zero-order valence-corrected chi connectivity index (χ0v) is 16.6. The van der Waals surface area contributed by atoms with Gasteiger partial charge in [-0.15, -0.1) is 0 Å². The summed E-state index contributed by atoms with van der Waals surface area (Å²) in [6.45, 7) is 3.77. The van der Waals surface area contributed by atoms with Crippen LogP contribution in [0.25, 0.3) is 11.0 Å². The van der Waals surface area contributed by atoms with E-state index in [9.17, 15) is 9.00 Å². The van der Waals surface area contributed by atoms with Crippen LogP contribution in [-0.2, 0) is 22.8 Å². The summed E-state index contributed by atoms with van der Waals surface area (Å²) in [6, 6.07) is 8.93. The van der Waals surface area contributed by atoms with Crippen LogP contribution in [0, 0.1) is 13.8 Å². The topological polar surface area (TPSA) is 82.4 Å². The number of esters is 1. The molecule has 27 heavy (non-hydrogen) atoms. The number of ether oxygens (including phenoxy) is 2. The molecule has 0 bridgehead atoms. The van der Waals surface area contributed by atoms with Crippen LogP contribution in [0.3, 0.4) is 0 Å². The fraction of sp³-hybridized carbons (Fsp3) is 0.263. The molecule has 1 N–H and O–H groups in total. The van der Waals surface area contributed by atoms with E-state index in [1.54, 1.807) is 30.9 Å². The minimum atomic E-state index is -1.53. The van der Waals surface area contributed by atoms with Crippen LogP contribution < -0.4 is 9.46 Å². The highest BCUT2D eigenvalue weighted by Gasteiger charge is 2.19. The number of anilines is 1. The zero-order chi connectivity index (χ0) is 19.7. The number of hydrogen-bond acceptors (Lipinski definition) is 5. The van der Waals surface area contributed by atoms with E-state index in [4.69, 9.17) is 9.47 Å². The summed E-state index contributed by atoms with van der Waals surface area (Å²) in [5, 5.41) is 0. The lowest BCUT2D eigenvalue weighted by Gasteiger charge is -2.12. The minimum absolute atomic E-state index is 0.362. The third kappa shape index (κ3) is 3.40. The Morgan fingerprint density at radius 2 is 1.85 bits per heavy atom. The van der Waals surface area contributed by atoms with Crippen molar-refractivity contribution in [3.63, 3.8) is 0 Å². The Kier molecular flexibility index (Phi) is 5.18. The van der Waals surface area contributed by atoms with E-state index >= 15 is 0 Å². The smallest absolute Gasteiger partial charge is 0.340 e. The molecule has 0 spiro atoms. The highest BCUT2D eigenvalue weighted by Crippen LogP contribution is 2.27. The van der Waals surface area contributed by atoms with Crippen LogP contribution in [0.4, 0.5) is 5.95 Å².